The fourth-order valence-corrected chi connectivity index (χ4v) is 4.30. The molecule has 0 unspecified atom stereocenters. The number of hydrogen-bond acceptors (Lipinski definition) is 7. The van der Waals surface area contributed by atoms with Crippen LogP contribution in [0.5, 0.6) is 0 Å². The van der Waals surface area contributed by atoms with E-state index in [-0.39, 0.29) is 5.95 Å². The monoisotopic (exact) mass is 364 g/mol. The fraction of sp³-hybridized carbons (Fsp3) is 0.421. The van der Waals surface area contributed by atoms with Gasteiger partial charge in [-0.2, -0.15) is 4.98 Å². The molecule has 0 radical (unpaired) electrons. The summed E-state index contributed by atoms with van der Waals surface area (Å²) in [6, 6.07) is 7.19. The topological polar surface area (TPSA) is 111 Å². The highest BCUT2D eigenvalue weighted by Gasteiger charge is 2.25. The van der Waals surface area contributed by atoms with Crippen LogP contribution in [0.2, 0.25) is 0 Å². The van der Waals surface area contributed by atoms with Crippen molar-refractivity contribution in [3.63, 3.8) is 0 Å². The van der Waals surface area contributed by atoms with Gasteiger partial charge in [-0.3, -0.25) is 4.90 Å². The molecule has 140 valence electrons. The Morgan fingerprint density at radius 2 is 1.96 bits per heavy atom. The van der Waals surface area contributed by atoms with E-state index >= 15 is 0 Å². The van der Waals surface area contributed by atoms with Crippen molar-refractivity contribution in [2.75, 3.05) is 31.1 Å². The lowest BCUT2D eigenvalue weighted by Crippen LogP contribution is -2.45. The molecule has 1 aromatic carbocycles. The van der Waals surface area contributed by atoms with E-state index in [4.69, 9.17) is 11.5 Å². The first-order valence-electron chi connectivity index (χ1n) is 9.53. The van der Waals surface area contributed by atoms with E-state index in [1.807, 2.05) is 0 Å². The normalized spacial score (nSPS) is 18.7. The van der Waals surface area contributed by atoms with Gasteiger partial charge in [-0.1, -0.05) is 6.07 Å². The molecule has 4 heterocycles. The van der Waals surface area contributed by atoms with Crippen LogP contribution < -0.4 is 16.8 Å². The lowest BCUT2D eigenvalue weighted by molar-refractivity contribution is 0.147. The Morgan fingerprint density at radius 3 is 2.81 bits per heavy atom. The van der Waals surface area contributed by atoms with Crippen LogP contribution >= 0.6 is 0 Å². The molecule has 2 aliphatic heterocycles. The Hall–Kier alpha value is -2.71. The van der Waals surface area contributed by atoms with Gasteiger partial charge >= 0.3 is 0 Å². The number of nitrogens with one attached hydrogen (secondary N) is 1. The van der Waals surface area contributed by atoms with Crippen LogP contribution in [0.4, 0.5) is 11.8 Å². The predicted octanol–water partition coefficient (Wildman–Crippen LogP) is 1.09. The van der Waals surface area contributed by atoms with Crippen LogP contribution in [-0.2, 0) is 13.0 Å². The molecule has 27 heavy (non-hydrogen) atoms. The van der Waals surface area contributed by atoms with Crippen molar-refractivity contribution >= 4 is 22.8 Å². The van der Waals surface area contributed by atoms with Crippen molar-refractivity contribution < 1.29 is 0 Å². The molecule has 0 atom stereocenters. The highest BCUT2D eigenvalue weighted by atomic mass is 15.3. The quantitative estimate of drug-likeness (QED) is 0.624. The summed E-state index contributed by atoms with van der Waals surface area (Å²) in [4.78, 5) is 11.0. The van der Waals surface area contributed by atoms with Gasteiger partial charge in [0.1, 0.15) is 0 Å². The van der Waals surface area contributed by atoms with Gasteiger partial charge in [-0.25, -0.2) is 9.67 Å². The number of nitrogens with two attached hydrogens (primary N) is 2. The SMILES string of the molecule is Nc1ncc2c(N)nn(-c3ccc4c(c3)CN(C3CCNCC3)CC4)c2n1. The molecule has 3 aromatic rings. The largest absolute Gasteiger partial charge is 0.382 e. The minimum atomic E-state index is 0.221. The molecule has 2 aromatic heterocycles. The van der Waals surface area contributed by atoms with E-state index < -0.39 is 0 Å². The second-order valence-electron chi connectivity index (χ2n) is 7.42. The van der Waals surface area contributed by atoms with Crippen molar-refractivity contribution in [2.24, 2.45) is 0 Å². The van der Waals surface area contributed by atoms with Crippen LogP contribution in [0.1, 0.15) is 24.0 Å². The average molecular weight is 364 g/mol. The van der Waals surface area contributed by atoms with Crippen LogP contribution in [0.3, 0.4) is 0 Å². The first kappa shape index (κ1) is 16.5. The van der Waals surface area contributed by atoms with Crippen molar-refractivity contribution in [1.82, 2.24) is 30.0 Å². The zero-order chi connectivity index (χ0) is 18.4. The Kier molecular flexibility index (Phi) is 3.95. The summed E-state index contributed by atoms with van der Waals surface area (Å²) >= 11 is 0. The van der Waals surface area contributed by atoms with Gasteiger partial charge < -0.3 is 16.8 Å². The third-order valence-corrected chi connectivity index (χ3v) is 5.77. The number of nitrogens with zero attached hydrogens (tertiary/aromatic N) is 5. The van der Waals surface area contributed by atoms with Gasteiger partial charge in [0.2, 0.25) is 5.95 Å². The molecule has 0 spiro atoms. The lowest BCUT2D eigenvalue weighted by atomic mass is 9.95. The summed E-state index contributed by atoms with van der Waals surface area (Å²) < 4.78 is 1.77. The molecule has 1 saturated heterocycles. The van der Waals surface area contributed by atoms with Crippen molar-refractivity contribution in [1.29, 1.82) is 0 Å². The summed E-state index contributed by atoms with van der Waals surface area (Å²) in [6.07, 6.45) is 5.18. The third-order valence-electron chi connectivity index (χ3n) is 5.77. The smallest absolute Gasteiger partial charge is 0.222 e. The molecule has 0 saturated carbocycles. The Morgan fingerprint density at radius 1 is 1.11 bits per heavy atom. The Balaban J connectivity index is 1.50. The molecule has 0 amide bonds. The molecular formula is C19H24N8. The number of benzene rings is 1. The molecule has 1 fully saturated rings. The van der Waals surface area contributed by atoms with Crippen LogP contribution in [-0.4, -0.2) is 50.3 Å². The second kappa shape index (κ2) is 6.47. The van der Waals surface area contributed by atoms with Crippen LogP contribution in [0.25, 0.3) is 16.7 Å². The van der Waals surface area contributed by atoms with Gasteiger partial charge in [-0.05, 0) is 55.6 Å². The Labute approximate surface area is 157 Å². The zero-order valence-corrected chi connectivity index (χ0v) is 15.2. The molecule has 0 bridgehead atoms. The van der Waals surface area contributed by atoms with Gasteiger partial charge in [0.25, 0.3) is 0 Å². The molecule has 8 heteroatoms. The van der Waals surface area contributed by atoms with Crippen LogP contribution in [0.15, 0.2) is 24.4 Å². The number of nitrogen functional groups attached to an aromatic ring is 2. The maximum Gasteiger partial charge on any atom is 0.222 e. The summed E-state index contributed by atoms with van der Waals surface area (Å²) in [6.45, 7) is 4.36. The van der Waals surface area contributed by atoms with E-state index in [0.29, 0.717) is 17.5 Å². The van der Waals surface area contributed by atoms with E-state index in [1.165, 1.54) is 24.0 Å². The molecule has 5 N–H and O–H groups in total. The second-order valence-corrected chi connectivity index (χ2v) is 7.42. The number of aromatic nitrogens is 4. The van der Waals surface area contributed by atoms with Gasteiger partial charge in [0.15, 0.2) is 11.5 Å². The number of anilines is 2. The molecule has 0 aliphatic carbocycles. The number of piperidine rings is 1. The number of rotatable bonds is 2. The first-order chi connectivity index (χ1) is 13.2. The molecule has 2 aliphatic rings. The van der Waals surface area contributed by atoms with Crippen molar-refractivity contribution in [3.05, 3.63) is 35.5 Å². The third kappa shape index (κ3) is 2.90. The zero-order valence-electron chi connectivity index (χ0n) is 15.2. The van der Waals surface area contributed by atoms with Crippen molar-refractivity contribution in [3.8, 4) is 5.69 Å². The molecule has 8 nitrogen and oxygen atoms in total. The molecule has 5 rings (SSSR count). The van der Waals surface area contributed by atoms with Gasteiger partial charge in [0, 0.05) is 25.3 Å². The highest BCUT2D eigenvalue weighted by molar-refractivity contribution is 5.87. The average Bonchev–Trinajstić information content (AvgIpc) is 3.03. The van der Waals surface area contributed by atoms with E-state index in [9.17, 15) is 0 Å². The van der Waals surface area contributed by atoms with Crippen molar-refractivity contribution in [2.45, 2.75) is 31.8 Å². The van der Waals surface area contributed by atoms with E-state index in [2.05, 4.69) is 43.5 Å². The van der Waals surface area contributed by atoms with Gasteiger partial charge in [-0.15, -0.1) is 5.10 Å². The van der Waals surface area contributed by atoms with Crippen LogP contribution in [0, 0.1) is 0 Å². The van der Waals surface area contributed by atoms with E-state index in [1.54, 1.807) is 10.9 Å². The number of fused-ring (bicyclic) bond motifs is 2. The summed E-state index contributed by atoms with van der Waals surface area (Å²) in [5.41, 5.74) is 16.2. The highest BCUT2D eigenvalue weighted by Crippen LogP contribution is 2.28. The summed E-state index contributed by atoms with van der Waals surface area (Å²) in [5.74, 6) is 0.637. The lowest BCUT2D eigenvalue weighted by Gasteiger charge is -2.38. The maximum atomic E-state index is 6.05. The summed E-state index contributed by atoms with van der Waals surface area (Å²) in [7, 11) is 0. The predicted molar refractivity (Wildman–Crippen MR) is 105 cm³/mol. The van der Waals surface area contributed by atoms with Gasteiger partial charge in [0.05, 0.1) is 11.1 Å². The minimum absolute atomic E-state index is 0.221. The maximum absolute atomic E-state index is 6.05. The van der Waals surface area contributed by atoms with E-state index in [0.717, 1.165) is 43.7 Å². The fourth-order valence-electron chi connectivity index (χ4n) is 4.30. The summed E-state index contributed by atoms with van der Waals surface area (Å²) in [5, 5.41) is 8.65. The molecular weight excluding hydrogens is 340 g/mol. The standard InChI is InChI=1S/C19H24N8/c20-17-16-10-23-19(21)24-18(16)27(25-17)15-2-1-12-5-8-26(11-13(12)9-15)14-3-6-22-7-4-14/h1-2,9-10,14,22H,3-8,11H2,(H2,20,25)(H2,21,23,24). The first-order valence-corrected chi connectivity index (χ1v) is 9.53. The minimum Gasteiger partial charge on any atom is -0.382 e. The number of hydrogen-bond donors (Lipinski definition) is 3. The Bertz CT molecular complexity index is 989.